The number of hydrogen-bond acceptors (Lipinski definition) is 1. The Morgan fingerprint density at radius 1 is 0.957 bits per heavy atom. The van der Waals surface area contributed by atoms with Gasteiger partial charge >= 0.3 is 0 Å². The number of aromatic nitrogens is 1. The highest BCUT2D eigenvalue weighted by Crippen LogP contribution is 2.38. The van der Waals surface area contributed by atoms with Crippen molar-refractivity contribution in [1.29, 1.82) is 0 Å². The summed E-state index contributed by atoms with van der Waals surface area (Å²) in [6.07, 6.45) is 10.8. The fourth-order valence-corrected chi connectivity index (χ4v) is 4.83. The summed E-state index contributed by atoms with van der Waals surface area (Å²) in [4.78, 5) is 3.80. The number of benzene rings is 1. The van der Waals surface area contributed by atoms with Crippen molar-refractivity contribution in [3.05, 3.63) is 34.0 Å². The smallest absolute Gasteiger partial charge is 0.0478 e. The van der Waals surface area contributed by atoms with Crippen LogP contribution >= 0.6 is 0 Å². The van der Waals surface area contributed by atoms with Crippen LogP contribution in [0, 0.1) is 20.8 Å². The minimum Gasteiger partial charge on any atom is -0.357 e. The fraction of sp³-hybridized carbons (Fsp3) is 0.619. The molecule has 1 fully saturated rings. The number of rotatable bonds is 2. The lowest BCUT2D eigenvalue weighted by Gasteiger charge is -2.31. The molecule has 0 aliphatic heterocycles. The molecule has 2 aliphatic rings. The van der Waals surface area contributed by atoms with Crippen molar-refractivity contribution in [3.63, 3.8) is 0 Å². The van der Waals surface area contributed by atoms with Gasteiger partial charge in [-0.25, -0.2) is 0 Å². The Hall–Kier alpha value is -1.28. The summed E-state index contributed by atoms with van der Waals surface area (Å²) >= 11 is 0. The third kappa shape index (κ3) is 2.61. The molecule has 1 atom stereocenters. The maximum atomic E-state index is 3.99. The Morgan fingerprint density at radius 2 is 1.74 bits per heavy atom. The SMILES string of the molecule is Cc1cc2[nH]c3c(c2c(C)c1C)CCCC3NC1CCCCC1. The molecule has 2 aromatic rings. The van der Waals surface area contributed by atoms with E-state index < -0.39 is 0 Å². The van der Waals surface area contributed by atoms with E-state index in [9.17, 15) is 0 Å². The molecule has 2 heteroatoms. The Kier molecular flexibility index (Phi) is 3.96. The second-order valence-corrected chi connectivity index (χ2v) is 7.83. The molecule has 0 radical (unpaired) electrons. The van der Waals surface area contributed by atoms with Gasteiger partial charge in [0.2, 0.25) is 0 Å². The molecule has 0 spiro atoms. The van der Waals surface area contributed by atoms with Crippen LogP contribution in [0.5, 0.6) is 0 Å². The van der Waals surface area contributed by atoms with Crippen molar-refractivity contribution in [1.82, 2.24) is 10.3 Å². The highest BCUT2D eigenvalue weighted by atomic mass is 15.0. The van der Waals surface area contributed by atoms with Gasteiger partial charge in [-0.3, -0.25) is 0 Å². The molecular weight excluding hydrogens is 280 g/mol. The minimum absolute atomic E-state index is 0.536. The van der Waals surface area contributed by atoms with E-state index in [2.05, 4.69) is 37.1 Å². The van der Waals surface area contributed by atoms with Crippen LogP contribution in [0.3, 0.4) is 0 Å². The molecule has 1 unspecified atom stereocenters. The van der Waals surface area contributed by atoms with Crippen LogP contribution in [-0.2, 0) is 6.42 Å². The topological polar surface area (TPSA) is 27.8 Å². The number of aromatic amines is 1. The predicted octanol–water partition coefficient (Wildman–Crippen LogP) is 5.39. The lowest BCUT2D eigenvalue weighted by Crippen LogP contribution is -2.36. The van der Waals surface area contributed by atoms with Crippen LogP contribution in [0.15, 0.2) is 6.07 Å². The molecule has 0 amide bonds. The molecule has 0 bridgehead atoms. The van der Waals surface area contributed by atoms with Gasteiger partial charge in [0.25, 0.3) is 0 Å². The molecule has 23 heavy (non-hydrogen) atoms. The molecule has 1 saturated carbocycles. The zero-order valence-electron chi connectivity index (χ0n) is 14.9. The van der Waals surface area contributed by atoms with Crippen LogP contribution < -0.4 is 5.32 Å². The molecule has 2 N–H and O–H groups in total. The number of nitrogens with one attached hydrogen (secondary N) is 2. The summed E-state index contributed by atoms with van der Waals surface area (Å²) < 4.78 is 0. The van der Waals surface area contributed by atoms with Crippen LogP contribution in [0.2, 0.25) is 0 Å². The van der Waals surface area contributed by atoms with Crippen molar-refractivity contribution in [2.45, 2.75) is 84.2 Å². The largest absolute Gasteiger partial charge is 0.357 e. The van der Waals surface area contributed by atoms with Crippen LogP contribution in [0.1, 0.15) is 78.9 Å². The first-order chi connectivity index (χ1) is 11.1. The second kappa shape index (κ2) is 5.98. The predicted molar refractivity (Wildman–Crippen MR) is 98.2 cm³/mol. The van der Waals surface area contributed by atoms with E-state index in [0.29, 0.717) is 6.04 Å². The molecule has 2 nitrogen and oxygen atoms in total. The van der Waals surface area contributed by atoms with E-state index in [1.54, 1.807) is 5.56 Å². The van der Waals surface area contributed by atoms with Crippen molar-refractivity contribution in [3.8, 4) is 0 Å². The van der Waals surface area contributed by atoms with E-state index in [1.807, 2.05) is 0 Å². The van der Waals surface area contributed by atoms with Gasteiger partial charge in [-0.15, -0.1) is 0 Å². The van der Waals surface area contributed by atoms with Crippen molar-refractivity contribution in [2.75, 3.05) is 0 Å². The van der Waals surface area contributed by atoms with Crippen molar-refractivity contribution in [2.24, 2.45) is 0 Å². The van der Waals surface area contributed by atoms with Gasteiger partial charge in [-0.1, -0.05) is 19.3 Å². The first-order valence-corrected chi connectivity index (χ1v) is 9.52. The second-order valence-electron chi connectivity index (χ2n) is 7.83. The lowest BCUT2D eigenvalue weighted by molar-refractivity contribution is 0.318. The van der Waals surface area contributed by atoms with E-state index in [0.717, 1.165) is 6.04 Å². The zero-order chi connectivity index (χ0) is 16.0. The Labute approximate surface area is 140 Å². The van der Waals surface area contributed by atoms with E-state index >= 15 is 0 Å². The van der Waals surface area contributed by atoms with Crippen LogP contribution in [-0.4, -0.2) is 11.0 Å². The van der Waals surface area contributed by atoms with Gasteiger partial charge in [0.05, 0.1) is 0 Å². The summed E-state index contributed by atoms with van der Waals surface area (Å²) in [6.45, 7) is 6.81. The summed E-state index contributed by atoms with van der Waals surface area (Å²) in [5.41, 5.74) is 8.79. The molecule has 1 heterocycles. The Bertz CT molecular complexity index is 719. The lowest BCUT2D eigenvalue weighted by atomic mass is 9.87. The fourth-order valence-electron chi connectivity index (χ4n) is 4.83. The monoisotopic (exact) mass is 310 g/mol. The minimum atomic E-state index is 0.536. The molecular formula is C21H30N2. The zero-order valence-corrected chi connectivity index (χ0v) is 14.9. The molecule has 1 aromatic carbocycles. The van der Waals surface area contributed by atoms with Crippen molar-refractivity contribution < 1.29 is 0 Å². The summed E-state index contributed by atoms with van der Waals surface area (Å²) in [5, 5.41) is 5.50. The maximum absolute atomic E-state index is 3.99. The molecule has 4 rings (SSSR count). The maximum Gasteiger partial charge on any atom is 0.0478 e. The molecule has 1 aromatic heterocycles. The summed E-state index contributed by atoms with van der Waals surface area (Å²) in [7, 11) is 0. The quantitative estimate of drug-likeness (QED) is 0.764. The average molecular weight is 310 g/mol. The van der Waals surface area contributed by atoms with Gasteiger partial charge in [-0.2, -0.15) is 0 Å². The van der Waals surface area contributed by atoms with Gasteiger partial charge in [0.1, 0.15) is 0 Å². The number of aryl methyl sites for hydroxylation is 3. The van der Waals surface area contributed by atoms with E-state index in [4.69, 9.17) is 0 Å². The molecule has 2 aliphatic carbocycles. The van der Waals surface area contributed by atoms with Gasteiger partial charge in [-0.05, 0) is 81.2 Å². The van der Waals surface area contributed by atoms with Gasteiger partial charge in [0, 0.05) is 28.7 Å². The van der Waals surface area contributed by atoms with Crippen molar-refractivity contribution >= 4 is 10.9 Å². The Balaban J connectivity index is 1.73. The average Bonchev–Trinajstić information content (AvgIpc) is 2.93. The Morgan fingerprint density at radius 3 is 2.52 bits per heavy atom. The third-order valence-corrected chi connectivity index (χ3v) is 6.37. The van der Waals surface area contributed by atoms with Crippen LogP contribution in [0.4, 0.5) is 0 Å². The summed E-state index contributed by atoms with van der Waals surface area (Å²) in [6, 6.07) is 3.62. The first kappa shape index (κ1) is 15.3. The standard InChI is InChI=1S/C21H30N2/c1-13-12-19-20(15(3)14(13)2)17-10-7-11-18(21(17)23-19)22-16-8-5-4-6-9-16/h12,16,18,22-23H,4-11H2,1-3H3. The summed E-state index contributed by atoms with van der Waals surface area (Å²) in [5.74, 6) is 0. The number of hydrogen-bond donors (Lipinski definition) is 2. The first-order valence-electron chi connectivity index (χ1n) is 9.52. The highest BCUT2D eigenvalue weighted by molar-refractivity contribution is 5.90. The highest BCUT2D eigenvalue weighted by Gasteiger charge is 2.27. The number of fused-ring (bicyclic) bond motifs is 3. The number of H-pyrrole nitrogens is 1. The van der Waals surface area contributed by atoms with Gasteiger partial charge < -0.3 is 10.3 Å². The third-order valence-electron chi connectivity index (χ3n) is 6.37. The molecule has 124 valence electrons. The van der Waals surface area contributed by atoms with Crippen LogP contribution in [0.25, 0.3) is 10.9 Å². The molecule has 0 saturated heterocycles. The van der Waals surface area contributed by atoms with E-state index in [-0.39, 0.29) is 0 Å². The normalized spacial score (nSPS) is 22.5. The van der Waals surface area contributed by atoms with Gasteiger partial charge in [0.15, 0.2) is 0 Å². The van der Waals surface area contributed by atoms with E-state index in [1.165, 1.54) is 84.7 Å².